The van der Waals surface area contributed by atoms with Gasteiger partial charge in [0.05, 0.1) is 0 Å². The van der Waals surface area contributed by atoms with Gasteiger partial charge in [0.25, 0.3) is 0 Å². The van der Waals surface area contributed by atoms with Gasteiger partial charge in [-0.3, -0.25) is 4.90 Å². The van der Waals surface area contributed by atoms with E-state index in [4.69, 9.17) is 5.11 Å². The maximum Gasteiger partial charge on any atom is 0.163 e. The Morgan fingerprint density at radius 3 is 2.53 bits per heavy atom. The summed E-state index contributed by atoms with van der Waals surface area (Å²) in [5, 5.41) is 12.3. The van der Waals surface area contributed by atoms with Crippen molar-refractivity contribution >= 4 is 0 Å². The van der Waals surface area contributed by atoms with Crippen LogP contribution >= 0.6 is 0 Å². The second kappa shape index (κ2) is 6.36. The van der Waals surface area contributed by atoms with Crippen molar-refractivity contribution in [1.29, 1.82) is 0 Å². The zero-order valence-corrected chi connectivity index (χ0v) is 10.5. The Labute approximate surface area is 110 Å². The lowest BCUT2D eigenvalue weighted by Crippen LogP contribution is -2.45. The van der Waals surface area contributed by atoms with Gasteiger partial charge in [-0.1, -0.05) is 0 Å². The van der Waals surface area contributed by atoms with Gasteiger partial charge in [-0.25, -0.2) is 13.2 Å². The highest BCUT2D eigenvalue weighted by molar-refractivity contribution is 5.24. The standard InChI is InChI=1S/C13H17F3N2O/c14-9-7-10(13(16)11(15)8-9)12(1-6-19)18-4-2-17-3-5-18/h7-8,12,17,19H,1-6H2/t12-/m1/s1. The summed E-state index contributed by atoms with van der Waals surface area (Å²) in [4.78, 5) is 1.93. The van der Waals surface area contributed by atoms with E-state index in [1.807, 2.05) is 4.90 Å². The van der Waals surface area contributed by atoms with Crippen LogP contribution < -0.4 is 5.32 Å². The van der Waals surface area contributed by atoms with E-state index in [9.17, 15) is 13.2 Å². The van der Waals surface area contributed by atoms with E-state index < -0.39 is 23.5 Å². The van der Waals surface area contributed by atoms with Crippen LogP contribution in [-0.2, 0) is 0 Å². The van der Waals surface area contributed by atoms with Crippen LogP contribution in [0.5, 0.6) is 0 Å². The molecule has 0 aliphatic carbocycles. The first kappa shape index (κ1) is 14.3. The Morgan fingerprint density at radius 2 is 1.89 bits per heavy atom. The molecule has 0 amide bonds. The second-order valence-electron chi connectivity index (χ2n) is 4.60. The van der Waals surface area contributed by atoms with Crippen LogP contribution in [0.3, 0.4) is 0 Å². The minimum absolute atomic E-state index is 0.0200. The van der Waals surface area contributed by atoms with Crippen molar-refractivity contribution in [3.05, 3.63) is 35.1 Å². The van der Waals surface area contributed by atoms with Crippen LogP contribution in [0.4, 0.5) is 13.2 Å². The lowest BCUT2D eigenvalue weighted by atomic mass is 10.0. The van der Waals surface area contributed by atoms with Gasteiger partial charge >= 0.3 is 0 Å². The number of piperazine rings is 1. The van der Waals surface area contributed by atoms with Crippen LogP contribution in [0.1, 0.15) is 18.0 Å². The maximum atomic E-state index is 13.8. The summed E-state index contributed by atoms with van der Waals surface area (Å²) in [6, 6.07) is 1.05. The monoisotopic (exact) mass is 274 g/mol. The van der Waals surface area contributed by atoms with Gasteiger partial charge in [-0.2, -0.15) is 0 Å². The van der Waals surface area contributed by atoms with Crippen LogP contribution in [0.15, 0.2) is 12.1 Å². The summed E-state index contributed by atoms with van der Waals surface area (Å²) < 4.78 is 40.4. The molecule has 0 aromatic heterocycles. The number of rotatable bonds is 4. The molecule has 1 aromatic carbocycles. The molecule has 1 aliphatic rings. The first-order valence-electron chi connectivity index (χ1n) is 6.33. The molecule has 0 spiro atoms. The molecular formula is C13H17F3N2O. The number of hydrogen-bond acceptors (Lipinski definition) is 3. The molecule has 0 bridgehead atoms. The summed E-state index contributed by atoms with van der Waals surface area (Å²) in [6.45, 7) is 2.62. The average molecular weight is 274 g/mol. The Morgan fingerprint density at radius 1 is 1.21 bits per heavy atom. The molecule has 3 nitrogen and oxygen atoms in total. The minimum Gasteiger partial charge on any atom is -0.396 e. The second-order valence-corrected chi connectivity index (χ2v) is 4.60. The number of halogens is 3. The van der Waals surface area contributed by atoms with E-state index >= 15 is 0 Å². The maximum absolute atomic E-state index is 13.8. The van der Waals surface area contributed by atoms with Crippen LogP contribution in [0.2, 0.25) is 0 Å². The van der Waals surface area contributed by atoms with Gasteiger partial charge < -0.3 is 10.4 Å². The largest absolute Gasteiger partial charge is 0.396 e. The van der Waals surface area contributed by atoms with Gasteiger partial charge in [0.2, 0.25) is 0 Å². The van der Waals surface area contributed by atoms with Crippen LogP contribution in [0.25, 0.3) is 0 Å². The van der Waals surface area contributed by atoms with Gasteiger partial charge in [-0.05, 0) is 12.5 Å². The molecule has 1 saturated heterocycles. The lowest BCUT2D eigenvalue weighted by molar-refractivity contribution is 0.137. The molecule has 1 aromatic rings. The molecule has 2 rings (SSSR count). The predicted molar refractivity (Wildman–Crippen MR) is 65.2 cm³/mol. The third-order valence-electron chi connectivity index (χ3n) is 3.38. The Balaban J connectivity index is 2.32. The number of aliphatic hydroxyl groups excluding tert-OH is 1. The molecule has 1 aliphatic heterocycles. The molecule has 2 N–H and O–H groups in total. The molecule has 19 heavy (non-hydrogen) atoms. The Bertz CT molecular complexity index is 436. The topological polar surface area (TPSA) is 35.5 Å². The first-order chi connectivity index (χ1) is 9.13. The van der Waals surface area contributed by atoms with Crippen molar-refractivity contribution in [3.63, 3.8) is 0 Å². The molecule has 0 unspecified atom stereocenters. The highest BCUT2D eigenvalue weighted by Gasteiger charge is 2.26. The molecule has 106 valence electrons. The fourth-order valence-electron chi connectivity index (χ4n) is 2.47. The lowest BCUT2D eigenvalue weighted by Gasteiger charge is -2.35. The summed E-state index contributed by atoms with van der Waals surface area (Å²) in [6.07, 6.45) is 0.250. The van der Waals surface area contributed by atoms with Gasteiger partial charge in [-0.15, -0.1) is 0 Å². The average Bonchev–Trinajstić information content (AvgIpc) is 2.41. The van der Waals surface area contributed by atoms with Crippen molar-refractivity contribution < 1.29 is 18.3 Å². The van der Waals surface area contributed by atoms with E-state index in [1.54, 1.807) is 0 Å². The van der Waals surface area contributed by atoms with E-state index in [1.165, 1.54) is 0 Å². The smallest absolute Gasteiger partial charge is 0.163 e. The van der Waals surface area contributed by atoms with E-state index in [0.717, 1.165) is 19.2 Å². The molecule has 0 radical (unpaired) electrons. The van der Waals surface area contributed by atoms with Crippen molar-refractivity contribution in [2.24, 2.45) is 0 Å². The molecular weight excluding hydrogens is 257 g/mol. The number of nitrogens with one attached hydrogen (secondary N) is 1. The van der Waals surface area contributed by atoms with Gasteiger partial charge in [0, 0.05) is 50.5 Å². The zero-order chi connectivity index (χ0) is 13.8. The third-order valence-corrected chi connectivity index (χ3v) is 3.38. The first-order valence-corrected chi connectivity index (χ1v) is 6.33. The quantitative estimate of drug-likeness (QED) is 0.815. The number of hydrogen-bond donors (Lipinski definition) is 2. The highest BCUT2D eigenvalue weighted by atomic mass is 19.2. The van der Waals surface area contributed by atoms with Crippen LogP contribution in [0, 0.1) is 17.5 Å². The molecule has 1 atom stereocenters. The highest BCUT2D eigenvalue weighted by Crippen LogP contribution is 2.28. The van der Waals surface area contributed by atoms with Gasteiger partial charge in [0.15, 0.2) is 11.6 Å². The fraction of sp³-hybridized carbons (Fsp3) is 0.538. The molecule has 1 heterocycles. The van der Waals surface area contributed by atoms with Crippen molar-refractivity contribution in [2.45, 2.75) is 12.5 Å². The number of benzene rings is 1. The van der Waals surface area contributed by atoms with Gasteiger partial charge in [0.1, 0.15) is 5.82 Å². The molecule has 6 heteroatoms. The van der Waals surface area contributed by atoms with Crippen molar-refractivity contribution in [1.82, 2.24) is 10.2 Å². The van der Waals surface area contributed by atoms with Crippen molar-refractivity contribution in [2.75, 3.05) is 32.8 Å². The van der Waals surface area contributed by atoms with Crippen molar-refractivity contribution in [3.8, 4) is 0 Å². The fourth-order valence-corrected chi connectivity index (χ4v) is 2.47. The number of nitrogens with zero attached hydrogens (tertiary/aromatic N) is 1. The summed E-state index contributed by atoms with van der Waals surface area (Å²) in [5.74, 6) is -3.02. The summed E-state index contributed by atoms with van der Waals surface area (Å²) >= 11 is 0. The normalized spacial score (nSPS) is 18.5. The van der Waals surface area contributed by atoms with E-state index in [2.05, 4.69) is 5.32 Å². The zero-order valence-electron chi connectivity index (χ0n) is 10.5. The minimum atomic E-state index is -1.19. The summed E-state index contributed by atoms with van der Waals surface area (Å²) in [5.41, 5.74) is -0.0200. The molecule has 1 fully saturated rings. The Hall–Kier alpha value is -1.11. The third kappa shape index (κ3) is 3.26. The predicted octanol–water partition coefficient (Wildman–Crippen LogP) is 1.43. The Kier molecular flexibility index (Phi) is 4.79. The SMILES string of the molecule is OCC[C@H](c1cc(F)cc(F)c1F)N1CCNCC1. The molecule has 0 saturated carbocycles. The summed E-state index contributed by atoms with van der Waals surface area (Å²) in [7, 11) is 0. The van der Waals surface area contributed by atoms with E-state index in [-0.39, 0.29) is 18.6 Å². The van der Waals surface area contributed by atoms with E-state index in [0.29, 0.717) is 19.2 Å². The van der Waals surface area contributed by atoms with Crippen LogP contribution in [-0.4, -0.2) is 42.8 Å². The number of aliphatic hydroxyl groups is 1.